The van der Waals surface area contributed by atoms with Crippen molar-refractivity contribution < 1.29 is 24.3 Å². The maximum Gasteiger partial charge on any atom is 0.303 e. The van der Waals surface area contributed by atoms with Crippen molar-refractivity contribution in [3.63, 3.8) is 0 Å². The molecule has 0 aliphatic rings. The molecule has 0 aliphatic carbocycles. The van der Waals surface area contributed by atoms with E-state index in [1.807, 2.05) is 6.92 Å². The summed E-state index contributed by atoms with van der Waals surface area (Å²) in [6.45, 7) is 2.04. The van der Waals surface area contributed by atoms with E-state index >= 15 is 0 Å². The highest BCUT2D eigenvalue weighted by Gasteiger charge is 2.30. The van der Waals surface area contributed by atoms with E-state index in [9.17, 15) is 20.0 Å². The highest BCUT2D eigenvalue weighted by atomic mass is 16.6. The second kappa shape index (κ2) is 8.97. The zero-order valence-corrected chi connectivity index (χ0v) is 13.7. The van der Waals surface area contributed by atoms with Crippen molar-refractivity contribution in [3.8, 4) is 11.5 Å². The smallest absolute Gasteiger partial charge is 0.303 e. The quantitative estimate of drug-likeness (QED) is 0.399. The lowest BCUT2D eigenvalue weighted by molar-refractivity contribution is -0.385. The van der Waals surface area contributed by atoms with Crippen LogP contribution in [0.4, 0.5) is 5.69 Å². The molecular formula is C16H23NO6. The summed E-state index contributed by atoms with van der Waals surface area (Å²) in [5.74, 6) is -0.890. The van der Waals surface area contributed by atoms with Crippen LogP contribution in [0.1, 0.15) is 50.5 Å². The molecule has 1 unspecified atom stereocenters. The lowest BCUT2D eigenvalue weighted by Gasteiger charge is -2.20. The number of nitro benzene ring substituents is 1. The van der Waals surface area contributed by atoms with E-state index in [2.05, 4.69) is 0 Å². The molecule has 0 radical (unpaired) electrons. The van der Waals surface area contributed by atoms with E-state index < -0.39 is 16.8 Å². The summed E-state index contributed by atoms with van der Waals surface area (Å²) in [4.78, 5) is 22.1. The number of hydrogen-bond acceptors (Lipinski definition) is 5. The van der Waals surface area contributed by atoms with Crippen molar-refractivity contribution in [3.05, 3.63) is 27.8 Å². The molecule has 0 spiro atoms. The van der Waals surface area contributed by atoms with Crippen LogP contribution in [-0.4, -0.2) is 30.2 Å². The Morgan fingerprint density at radius 1 is 1.30 bits per heavy atom. The third kappa shape index (κ3) is 4.84. The number of benzene rings is 1. The molecule has 1 rings (SSSR count). The summed E-state index contributed by atoms with van der Waals surface area (Å²) in [6, 6.07) is 2.80. The fourth-order valence-corrected chi connectivity index (χ4v) is 2.69. The molecular weight excluding hydrogens is 302 g/mol. The third-order valence-electron chi connectivity index (χ3n) is 3.74. The summed E-state index contributed by atoms with van der Waals surface area (Å²) in [6.07, 6.45) is 3.08. The van der Waals surface area contributed by atoms with Crippen molar-refractivity contribution in [2.24, 2.45) is 0 Å². The van der Waals surface area contributed by atoms with Gasteiger partial charge in [0.15, 0.2) is 11.5 Å². The highest BCUT2D eigenvalue weighted by Crippen LogP contribution is 2.44. The molecule has 128 valence electrons. The molecule has 0 saturated heterocycles. The summed E-state index contributed by atoms with van der Waals surface area (Å²) < 4.78 is 10.5. The fraction of sp³-hybridized carbons (Fsp3) is 0.562. The standard InChI is InChI=1S/C16H23NO6/c1-4-5-6-7-11(10-14(18)19)15-12(17(20)21)8-9-13(22-2)16(15)23-3/h8-9,11H,4-7,10H2,1-3H3,(H,18,19). The van der Waals surface area contributed by atoms with Crippen LogP contribution in [0.25, 0.3) is 0 Å². The number of carboxylic acids is 1. The molecule has 0 heterocycles. The van der Waals surface area contributed by atoms with Crippen molar-refractivity contribution in [1.29, 1.82) is 0 Å². The number of carboxylic acid groups (broad SMARTS) is 1. The van der Waals surface area contributed by atoms with Crippen molar-refractivity contribution in [2.45, 2.75) is 44.9 Å². The fourth-order valence-electron chi connectivity index (χ4n) is 2.69. The molecule has 0 aliphatic heterocycles. The lowest BCUT2D eigenvalue weighted by atomic mass is 9.88. The van der Waals surface area contributed by atoms with E-state index in [1.165, 1.54) is 26.4 Å². The van der Waals surface area contributed by atoms with E-state index in [1.54, 1.807) is 0 Å². The van der Waals surface area contributed by atoms with Gasteiger partial charge in [-0.15, -0.1) is 0 Å². The Morgan fingerprint density at radius 3 is 2.48 bits per heavy atom. The van der Waals surface area contributed by atoms with Crippen LogP contribution < -0.4 is 9.47 Å². The molecule has 1 aromatic rings. The molecule has 7 heteroatoms. The first-order chi connectivity index (χ1) is 11.0. The predicted octanol–water partition coefficient (Wildman–Crippen LogP) is 3.75. The van der Waals surface area contributed by atoms with Crippen LogP contribution in [0.15, 0.2) is 12.1 Å². The van der Waals surface area contributed by atoms with Gasteiger partial charge in [-0.1, -0.05) is 26.2 Å². The van der Waals surface area contributed by atoms with Crippen molar-refractivity contribution in [1.82, 2.24) is 0 Å². The Hall–Kier alpha value is -2.31. The molecule has 0 bridgehead atoms. The Kier molecular flexibility index (Phi) is 7.31. The van der Waals surface area contributed by atoms with Crippen LogP contribution in [0.5, 0.6) is 11.5 Å². The SMILES string of the molecule is CCCCCC(CC(=O)O)c1c([N+](=O)[O-])ccc(OC)c1OC. The topological polar surface area (TPSA) is 98.9 Å². The van der Waals surface area contributed by atoms with Crippen LogP contribution >= 0.6 is 0 Å². The summed E-state index contributed by atoms with van der Waals surface area (Å²) in [7, 11) is 2.84. The number of carbonyl (C=O) groups is 1. The number of unbranched alkanes of at least 4 members (excludes halogenated alkanes) is 2. The Labute approximate surface area is 135 Å². The molecule has 0 fully saturated rings. The minimum atomic E-state index is -0.995. The number of rotatable bonds is 10. The van der Waals surface area contributed by atoms with Gasteiger partial charge in [-0.2, -0.15) is 0 Å². The zero-order valence-electron chi connectivity index (χ0n) is 13.7. The zero-order chi connectivity index (χ0) is 17.4. The number of ether oxygens (including phenoxy) is 2. The van der Waals surface area contributed by atoms with Gasteiger partial charge in [-0.05, 0) is 12.5 Å². The average Bonchev–Trinajstić information content (AvgIpc) is 2.52. The minimum absolute atomic E-state index is 0.134. The highest BCUT2D eigenvalue weighted by molar-refractivity contribution is 5.70. The van der Waals surface area contributed by atoms with Gasteiger partial charge in [-0.25, -0.2) is 0 Å². The maximum absolute atomic E-state index is 11.4. The van der Waals surface area contributed by atoms with Gasteiger partial charge in [0.25, 0.3) is 5.69 Å². The molecule has 0 aromatic heterocycles. The summed E-state index contributed by atoms with van der Waals surface area (Å²) >= 11 is 0. The lowest BCUT2D eigenvalue weighted by Crippen LogP contribution is -2.11. The Morgan fingerprint density at radius 2 is 2.00 bits per heavy atom. The number of methoxy groups -OCH3 is 2. The molecule has 23 heavy (non-hydrogen) atoms. The Bertz CT molecular complexity index is 558. The van der Waals surface area contributed by atoms with Crippen LogP contribution in [-0.2, 0) is 4.79 Å². The average molecular weight is 325 g/mol. The minimum Gasteiger partial charge on any atom is -0.493 e. The van der Waals surface area contributed by atoms with E-state index in [4.69, 9.17) is 9.47 Å². The molecule has 1 atom stereocenters. The summed E-state index contributed by atoms with van der Waals surface area (Å²) in [5.41, 5.74) is 0.167. The summed E-state index contributed by atoms with van der Waals surface area (Å²) in [5, 5.41) is 20.6. The maximum atomic E-state index is 11.4. The molecule has 0 amide bonds. The Balaban J connectivity index is 3.39. The van der Waals surface area contributed by atoms with Gasteiger partial charge in [0.05, 0.1) is 31.1 Å². The second-order valence-electron chi connectivity index (χ2n) is 5.28. The van der Waals surface area contributed by atoms with Gasteiger partial charge < -0.3 is 14.6 Å². The van der Waals surface area contributed by atoms with Gasteiger partial charge in [0.1, 0.15) is 0 Å². The number of hydrogen-bond donors (Lipinski definition) is 1. The van der Waals surface area contributed by atoms with Crippen LogP contribution in [0, 0.1) is 10.1 Å². The van der Waals surface area contributed by atoms with Crippen molar-refractivity contribution in [2.75, 3.05) is 14.2 Å². The largest absolute Gasteiger partial charge is 0.493 e. The molecule has 7 nitrogen and oxygen atoms in total. The van der Waals surface area contributed by atoms with Crippen LogP contribution in [0.2, 0.25) is 0 Å². The molecule has 1 N–H and O–H groups in total. The normalized spacial score (nSPS) is 11.8. The number of aliphatic carboxylic acids is 1. The van der Waals surface area contributed by atoms with E-state index in [0.717, 1.165) is 19.3 Å². The van der Waals surface area contributed by atoms with Gasteiger partial charge >= 0.3 is 5.97 Å². The second-order valence-corrected chi connectivity index (χ2v) is 5.28. The molecule has 1 aromatic carbocycles. The van der Waals surface area contributed by atoms with E-state index in [0.29, 0.717) is 17.7 Å². The van der Waals surface area contributed by atoms with Crippen LogP contribution in [0.3, 0.4) is 0 Å². The van der Waals surface area contributed by atoms with E-state index in [-0.39, 0.29) is 17.9 Å². The predicted molar refractivity (Wildman–Crippen MR) is 85.3 cm³/mol. The molecule has 0 saturated carbocycles. The first kappa shape index (κ1) is 18.7. The monoisotopic (exact) mass is 325 g/mol. The van der Waals surface area contributed by atoms with Crippen molar-refractivity contribution >= 4 is 11.7 Å². The first-order valence-corrected chi connectivity index (χ1v) is 7.57. The number of nitrogens with zero attached hydrogens (tertiary/aromatic N) is 1. The van der Waals surface area contributed by atoms with Gasteiger partial charge in [-0.3, -0.25) is 14.9 Å². The first-order valence-electron chi connectivity index (χ1n) is 7.57. The van der Waals surface area contributed by atoms with Gasteiger partial charge in [0.2, 0.25) is 0 Å². The van der Waals surface area contributed by atoms with Gasteiger partial charge in [0, 0.05) is 12.0 Å². The third-order valence-corrected chi connectivity index (χ3v) is 3.74. The number of nitro groups is 1.